The SMILES string of the molecule is CC[C@@H](C(=O)NCC(C)C)N(Cc1ccccc1Cl)C(=O)CN(c1cccc(Cl)c1Cl)S(C)(=O)=O. The topological polar surface area (TPSA) is 86.8 Å². The molecule has 0 fully saturated rings. The van der Waals surface area contributed by atoms with Gasteiger partial charge in [0.25, 0.3) is 0 Å². The number of carbonyl (C=O) groups excluding carboxylic acids is 2. The summed E-state index contributed by atoms with van der Waals surface area (Å²) in [5.74, 6) is -0.693. The molecule has 35 heavy (non-hydrogen) atoms. The van der Waals surface area contributed by atoms with E-state index in [4.69, 9.17) is 34.8 Å². The van der Waals surface area contributed by atoms with Crippen molar-refractivity contribution in [3.05, 3.63) is 63.1 Å². The molecule has 0 saturated carbocycles. The van der Waals surface area contributed by atoms with Gasteiger partial charge in [-0.3, -0.25) is 13.9 Å². The number of nitrogens with one attached hydrogen (secondary N) is 1. The number of rotatable bonds is 11. The predicted octanol–water partition coefficient (Wildman–Crippen LogP) is 4.99. The number of nitrogens with zero attached hydrogens (tertiary/aromatic N) is 2. The summed E-state index contributed by atoms with van der Waals surface area (Å²) in [6, 6.07) is 10.7. The Morgan fingerprint density at radius 2 is 1.63 bits per heavy atom. The molecule has 11 heteroatoms. The Kier molecular flexibility index (Phi) is 10.7. The zero-order valence-corrected chi connectivity index (χ0v) is 23.2. The Labute approximate surface area is 222 Å². The van der Waals surface area contributed by atoms with Crippen molar-refractivity contribution in [1.82, 2.24) is 10.2 Å². The van der Waals surface area contributed by atoms with Crippen LogP contribution in [-0.2, 0) is 26.2 Å². The zero-order chi connectivity index (χ0) is 26.3. The van der Waals surface area contributed by atoms with Crippen LogP contribution in [0.1, 0.15) is 32.8 Å². The lowest BCUT2D eigenvalue weighted by Gasteiger charge is -2.33. The van der Waals surface area contributed by atoms with E-state index in [2.05, 4.69) is 5.32 Å². The van der Waals surface area contributed by atoms with Gasteiger partial charge in [0.15, 0.2) is 0 Å². The Bertz CT molecular complexity index is 1160. The van der Waals surface area contributed by atoms with Crippen LogP contribution >= 0.6 is 34.8 Å². The van der Waals surface area contributed by atoms with Gasteiger partial charge in [-0.1, -0.05) is 79.8 Å². The van der Waals surface area contributed by atoms with Crippen LogP contribution in [0.15, 0.2) is 42.5 Å². The van der Waals surface area contributed by atoms with E-state index in [0.29, 0.717) is 23.6 Å². The van der Waals surface area contributed by atoms with Crippen molar-refractivity contribution in [2.24, 2.45) is 5.92 Å². The normalized spacial score (nSPS) is 12.3. The van der Waals surface area contributed by atoms with Gasteiger partial charge >= 0.3 is 0 Å². The fourth-order valence-corrected chi connectivity index (χ4v) is 4.93. The lowest BCUT2D eigenvalue weighted by molar-refractivity contribution is -0.140. The maximum atomic E-state index is 13.6. The lowest BCUT2D eigenvalue weighted by Crippen LogP contribution is -2.52. The molecule has 0 aromatic heterocycles. The van der Waals surface area contributed by atoms with Gasteiger partial charge in [-0.25, -0.2) is 8.42 Å². The number of amides is 2. The molecule has 0 unspecified atom stereocenters. The maximum Gasteiger partial charge on any atom is 0.244 e. The Morgan fingerprint density at radius 3 is 2.20 bits per heavy atom. The maximum absolute atomic E-state index is 13.6. The highest BCUT2D eigenvalue weighted by Gasteiger charge is 2.32. The minimum absolute atomic E-state index is 0.00626. The van der Waals surface area contributed by atoms with E-state index in [0.717, 1.165) is 10.6 Å². The monoisotopic (exact) mass is 561 g/mol. The first-order chi connectivity index (χ1) is 16.4. The zero-order valence-electron chi connectivity index (χ0n) is 20.1. The van der Waals surface area contributed by atoms with Gasteiger partial charge in [0.2, 0.25) is 21.8 Å². The molecule has 0 bridgehead atoms. The molecule has 0 radical (unpaired) electrons. The van der Waals surface area contributed by atoms with Crippen molar-refractivity contribution in [3.8, 4) is 0 Å². The van der Waals surface area contributed by atoms with E-state index < -0.39 is 28.5 Å². The number of benzene rings is 2. The van der Waals surface area contributed by atoms with E-state index in [1.165, 1.54) is 17.0 Å². The highest BCUT2D eigenvalue weighted by molar-refractivity contribution is 7.92. The summed E-state index contributed by atoms with van der Waals surface area (Å²) >= 11 is 18.7. The largest absolute Gasteiger partial charge is 0.354 e. The molecule has 1 atom stereocenters. The molecule has 0 aliphatic rings. The quantitative estimate of drug-likeness (QED) is 0.418. The fraction of sp³-hybridized carbons (Fsp3) is 0.417. The fourth-order valence-electron chi connectivity index (χ4n) is 3.43. The van der Waals surface area contributed by atoms with Gasteiger partial charge < -0.3 is 10.2 Å². The van der Waals surface area contributed by atoms with Crippen molar-refractivity contribution in [2.75, 3.05) is 23.7 Å². The van der Waals surface area contributed by atoms with Crippen LogP contribution < -0.4 is 9.62 Å². The van der Waals surface area contributed by atoms with E-state index in [-0.39, 0.29) is 34.1 Å². The first-order valence-corrected chi connectivity index (χ1v) is 14.1. The summed E-state index contributed by atoms with van der Waals surface area (Å²) < 4.78 is 26.2. The number of anilines is 1. The molecule has 1 N–H and O–H groups in total. The number of sulfonamides is 1. The van der Waals surface area contributed by atoms with Gasteiger partial charge in [-0.15, -0.1) is 0 Å². The lowest BCUT2D eigenvalue weighted by atomic mass is 10.1. The second kappa shape index (κ2) is 12.8. The number of hydrogen-bond acceptors (Lipinski definition) is 4. The standard InChI is InChI=1S/C24H30Cl3N3O4S/c1-5-20(24(32)28-13-16(2)3)29(14-17-9-6-7-10-18(17)25)22(31)15-30(35(4,33)34)21-12-8-11-19(26)23(21)27/h6-12,16,20H,5,13-15H2,1-4H3,(H,28,32)/t20-/m0/s1. The Balaban J connectivity index is 2.48. The van der Waals surface area contributed by atoms with Crippen LogP contribution in [0, 0.1) is 5.92 Å². The molecule has 0 heterocycles. The summed E-state index contributed by atoms with van der Waals surface area (Å²) in [5, 5.41) is 3.45. The summed E-state index contributed by atoms with van der Waals surface area (Å²) in [6.45, 7) is 5.61. The molecule has 2 aromatic carbocycles. The number of halogens is 3. The van der Waals surface area contributed by atoms with E-state index in [9.17, 15) is 18.0 Å². The summed E-state index contributed by atoms with van der Waals surface area (Å²) in [7, 11) is -3.92. The number of hydrogen-bond donors (Lipinski definition) is 1. The smallest absolute Gasteiger partial charge is 0.244 e. The summed E-state index contributed by atoms with van der Waals surface area (Å²) in [5.41, 5.74) is 0.703. The Morgan fingerprint density at radius 1 is 1.00 bits per heavy atom. The van der Waals surface area contributed by atoms with Gasteiger partial charge in [-0.05, 0) is 36.1 Å². The molecule has 2 rings (SSSR count). The first kappa shape index (κ1) is 29.2. The van der Waals surface area contributed by atoms with E-state index in [1.54, 1.807) is 37.3 Å². The molecule has 0 spiro atoms. The number of carbonyl (C=O) groups is 2. The third-order valence-corrected chi connectivity index (χ3v) is 7.55. The third kappa shape index (κ3) is 8.00. The predicted molar refractivity (Wildman–Crippen MR) is 143 cm³/mol. The van der Waals surface area contributed by atoms with E-state index >= 15 is 0 Å². The summed E-state index contributed by atoms with van der Waals surface area (Å²) in [4.78, 5) is 28.0. The van der Waals surface area contributed by atoms with Crippen molar-refractivity contribution in [2.45, 2.75) is 39.8 Å². The van der Waals surface area contributed by atoms with Crippen molar-refractivity contribution >= 4 is 62.3 Å². The van der Waals surface area contributed by atoms with Crippen LogP contribution in [0.25, 0.3) is 0 Å². The van der Waals surface area contributed by atoms with Gasteiger partial charge in [-0.2, -0.15) is 0 Å². The minimum Gasteiger partial charge on any atom is -0.354 e. The van der Waals surface area contributed by atoms with Crippen LogP contribution in [-0.4, -0.2) is 50.5 Å². The van der Waals surface area contributed by atoms with Gasteiger partial charge in [0, 0.05) is 18.1 Å². The minimum atomic E-state index is -3.92. The van der Waals surface area contributed by atoms with Crippen molar-refractivity contribution in [3.63, 3.8) is 0 Å². The highest BCUT2D eigenvalue weighted by atomic mass is 35.5. The van der Waals surface area contributed by atoms with Gasteiger partial charge in [0.1, 0.15) is 12.6 Å². The molecular formula is C24H30Cl3N3O4S. The second-order valence-electron chi connectivity index (χ2n) is 8.52. The average molecular weight is 563 g/mol. The van der Waals surface area contributed by atoms with E-state index in [1.807, 2.05) is 13.8 Å². The molecule has 0 saturated heterocycles. The molecule has 2 amide bonds. The molecular weight excluding hydrogens is 533 g/mol. The van der Waals surface area contributed by atoms with Crippen LogP contribution in [0.2, 0.25) is 15.1 Å². The van der Waals surface area contributed by atoms with Crippen molar-refractivity contribution < 1.29 is 18.0 Å². The molecule has 7 nitrogen and oxygen atoms in total. The van der Waals surface area contributed by atoms with Crippen molar-refractivity contribution in [1.29, 1.82) is 0 Å². The third-order valence-electron chi connectivity index (χ3n) is 5.25. The van der Waals surface area contributed by atoms with Crippen LogP contribution in [0.4, 0.5) is 5.69 Å². The van der Waals surface area contributed by atoms with Gasteiger partial charge in [0.05, 0.1) is 22.0 Å². The second-order valence-corrected chi connectivity index (χ2v) is 11.6. The highest BCUT2D eigenvalue weighted by Crippen LogP contribution is 2.34. The first-order valence-electron chi connectivity index (χ1n) is 11.1. The molecule has 0 aliphatic carbocycles. The molecule has 0 aliphatic heterocycles. The summed E-state index contributed by atoms with van der Waals surface area (Å²) in [6.07, 6.45) is 1.29. The molecule has 2 aromatic rings. The Hall–Kier alpha value is -2.00. The van der Waals surface area contributed by atoms with Crippen LogP contribution in [0.5, 0.6) is 0 Å². The molecule has 192 valence electrons. The van der Waals surface area contributed by atoms with Crippen LogP contribution in [0.3, 0.4) is 0 Å². The average Bonchev–Trinajstić information content (AvgIpc) is 2.78.